The summed E-state index contributed by atoms with van der Waals surface area (Å²) in [6.45, 7) is 2.09. The van der Waals surface area contributed by atoms with E-state index in [4.69, 9.17) is 16.0 Å². The van der Waals surface area contributed by atoms with Crippen molar-refractivity contribution in [3.8, 4) is 0 Å². The van der Waals surface area contributed by atoms with Crippen LogP contribution in [-0.4, -0.2) is 0 Å². The molecule has 1 heterocycles. The Hall–Kier alpha value is -1.28. The number of hydrogen-bond donors (Lipinski definition) is 0. The molecular weight excluding hydrogens is 224 g/mol. The number of rotatable bonds is 3. The van der Waals surface area contributed by atoms with Gasteiger partial charge < -0.3 is 4.42 Å². The van der Waals surface area contributed by atoms with Crippen LogP contribution in [0.1, 0.15) is 25.5 Å². The third-order valence-corrected chi connectivity index (χ3v) is 2.95. The molecule has 2 aromatic rings. The Morgan fingerprint density at radius 3 is 2.81 bits per heavy atom. The van der Waals surface area contributed by atoms with Gasteiger partial charge in [-0.05, 0) is 18.6 Å². The van der Waals surface area contributed by atoms with Gasteiger partial charge in [-0.15, -0.1) is 0 Å². The SMILES string of the molecule is CCCCc1oc2ccccc2c(=O)c1Cl. The summed E-state index contributed by atoms with van der Waals surface area (Å²) >= 11 is 6.00. The molecule has 1 aromatic heterocycles. The molecule has 0 aliphatic rings. The Labute approximate surface area is 98.8 Å². The van der Waals surface area contributed by atoms with E-state index >= 15 is 0 Å². The zero-order valence-electron chi connectivity index (χ0n) is 9.13. The van der Waals surface area contributed by atoms with Gasteiger partial charge in [-0.1, -0.05) is 37.1 Å². The minimum absolute atomic E-state index is 0.130. The molecule has 84 valence electrons. The molecule has 0 spiro atoms. The highest BCUT2D eigenvalue weighted by Gasteiger charge is 2.11. The highest BCUT2D eigenvalue weighted by molar-refractivity contribution is 6.31. The number of benzene rings is 1. The molecule has 0 saturated heterocycles. The summed E-state index contributed by atoms with van der Waals surface area (Å²) in [6.07, 6.45) is 2.74. The number of halogens is 1. The maximum absolute atomic E-state index is 11.9. The molecule has 0 aliphatic heterocycles. The van der Waals surface area contributed by atoms with Crippen LogP contribution in [0.2, 0.25) is 5.02 Å². The lowest BCUT2D eigenvalue weighted by Gasteiger charge is -2.04. The van der Waals surface area contributed by atoms with E-state index in [1.54, 1.807) is 18.2 Å². The number of hydrogen-bond acceptors (Lipinski definition) is 2. The Morgan fingerprint density at radius 2 is 2.06 bits per heavy atom. The van der Waals surface area contributed by atoms with E-state index in [2.05, 4.69) is 6.92 Å². The lowest BCUT2D eigenvalue weighted by atomic mass is 10.1. The minimum Gasteiger partial charge on any atom is -0.459 e. The molecule has 0 unspecified atom stereocenters. The summed E-state index contributed by atoms with van der Waals surface area (Å²) in [6, 6.07) is 7.18. The molecule has 0 amide bonds. The second kappa shape index (κ2) is 4.71. The highest BCUT2D eigenvalue weighted by atomic mass is 35.5. The predicted octanol–water partition coefficient (Wildman–Crippen LogP) is 3.79. The summed E-state index contributed by atoms with van der Waals surface area (Å²) in [7, 11) is 0. The smallest absolute Gasteiger partial charge is 0.211 e. The first kappa shape index (κ1) is 11.2. The zero-order valence-corrected chi connectivity index (χ0v) is 9.88. The quantitative estimate of drug-likeness (QED) is 0.812. The van der Waals surface area contributed by atoms with E-state index < -0.39 is 0 Å². The van der Waals surface area contributed by atoms with Crippen molar-refractivity contribution in [2.24, 2.45) is 0 Å². The monoisotopic (exact) mass is 236 g/mol. The largest absolute Gasteiger partial charge is 0.459 e. The van der Waals surface area contributed by atoms with Crippen LogP contribution in [0.15, 0.2) is 33.5 Å². The second-order valence-corrected chi connectivity index (χ2v) is 4.15. The first-order chi connectivity index (χ1) is 7.74. The van der Waals surface area contributed by atoms with Gasteiger partial charge >= 0.3 is 0 Å². The summed E-state index contributed by atoms with van der Waals surface area (Å²) in [5.74, 6) is 0.604. The van der Waals surface area contributed by atoms with Crippen molar-refractivity contribution in [2.45, 2.75) is 26.2 Å². The Kier molecular flexibility index (Phi) is 3.30. The van der Waals surface area contributed by atoms with Gasteiger partial charge in [-0.3, -0.25) is 4.79 Å². The van der Waals surface area contributed by atoms with E-state index in [-0.39, 0.29) is 10.5 Å². The van der Waals surface area contributed by atoms with E-state index in [9.17, 15) is 4.79 Å². The first-order valence-electron chi connectivity index (χ1n) is 5.44. The van der Waals surface area contributed by atoms with Crippen LogP contribution in [0.4, 0.5) is 0 Å². The topological polar surface area (TPSA) is 30.2 Å². The van der Waals surface area contributed by atoms with E-state index in [1.165, 1.54) is 0 Å². The molecule has 2 nitrogen and oxygen atoms in total. The summed E-state index contributed by atoms with van der Waals surface area (Å²) < 4.78 is 5.64. The zero-order chi connectivity index (χ0) is 11.5. The van der Waals surface area contributed by atoms with Crippen molar-refractivity contribution < 1.29 is 4.42 Å². The number of unbranched alkanes of at least 4 members (excludes halogenated alkanes) is 1. The van der Waals surface area contributed by atoms with Crippen LogP contribution in [0, 0.1) is 0 Å². The number of fused-ring (bicyclic) bond motifs is 1. The molecule has 0 radical (unpaired) electrons. The Balaban J connectivity index is 2.60. The molecule has 0 saturated carbocycles. The molecule has 2 rings (SSSR count). The van der Waals surface area contributed by atoms with Gasteiger partial charge in [0, 0.05) is 6.42 Å². The van der Waals surface area contributed by atoms with Gasteiger partial charge in [-0.2, -0.15) is 0 Å². The van der Waals surface area contributed by atoms with E-state index in [0.717, 1.165) is 19.3 Å². The van der Waals surface area contributed by atoms with Gasteiger partial charge in [0.05, 0.1) is 5.39 Å². The fourth-order valence-corrected chi connectivity index (χ4v) is 1.90. The standard InChI is InChI=1S/C13H13ClO2/c1-2-3-7-11-12(14)13(15)9-6-4-5-8-10(9)16-11/h4-6,8H,2-3,7H2,1H3. The molecule has 0 fully saturated rings. The van der Waals surface area contributed by atoms with E-state index in [1.807, 2.05) is 6.07 Å². The molecule has 0 bridgehead atoms. The minimum atomic E-state index is -0.130. The Bertz CT molecular complexity index is 557. The lowest BCUT2D eigenvalue weighted by molar-refractivity contribution is 0.524. The molecule has 0 N–H and O–H groups in total. The van der Waals surface area contributed by atoms with Gasteiger partial charge in [-0.25, -0.2) is 0 Å². The Morgan fingerprint density at radius 1 is 1.31 bits per heavy atom. The van der Waals surface area contributed by atoms with Gasteiger partial charge in [0.1, 0.15) is 16.4 Å². The molecule has 3 heteroatoms. The summed E-state index contributed by atoms with van der Waals surface area (Å²) in [5, 5.41) is 0.778. The first-order valence-corrected chi connectivity index (χ1v) is 5.82. The van der Waals surface area contributed by atoms with Crippen LogP contribution in [-0.2, 0) is 6.42 Å². The van der Waals surface area contributed by atoms with Crippen LogP contribution in [0.3, 0.4) is 0 Å². The van der Waals surface area contributed by atoms with Gasteiger partial charge in [0.25, 0.3) is 0 Å². The molecule has 0 atom stereocenters. The van der Waals surface area contributed by atoms with Crippen LogP contribution < -0.4 is 5.43 Å². The number of para-hydroxylation sites is 1. The summed E-state index contributed by atoms with van der Waals surface area (Å²) in [4.78, 5) is 11.9. The van der Waals surface area contributed by atoms with Crippen LogP contribution >= 0.6 is 11.6 Å². The normalized spacial score (nSPS) is 10.9. The van der Waals surface area contributed by atoms with Crippen molar-refractivity contribution in [1.29, 1.82) is 0 Å². The predicted molar refractivity (Wildman–Crippen MR) is 66.1 cm³/mol. The molecule has 16 heavy (non-hydrogen) atoms. The fraction of sp³-hybridized carbons (Fsp3) is 0.308. The highest BCUT2D eigenvalue weighted by Crippen LogP contribution is 2.20. The average molecular weight is 237 g/mol. The third kappa shape index (κ3) is 1.98. The molecular formula is C13H13ClO2. The van der Waals surface area contributed by atoms with Crippen molar-refractivity contribution in [1.82, 2.24) is 0 Å². The fourth-order valence-electron chi connectivity index (χ4n) is 1.66. The van der Waals surface area contributed by atoms with Crippen molar-refractivity contribution >= 4 is 22.6 Å². The maximum atomic E-state index is 11.9. The van der Waals surface area contributed by atoms with Crippen molar-refractivity contribution in [3.05, 3.63) is 45.3 Å². The van der Waals surface area contributed by atoms with Gasteiger partial charge in [0.2, 0.25) is 5.43 Å². The van der Waals surface area contributed by atoms with Crippen LogP contribution in [0.5, 0.6) is 0 Å². The lowest BCUT2D eigenvalue weighted by Crippen LogP contribution is -2.05. The number of aryl methyl sites for hydroxylation is 1. The second-order valence-electron chi connectivity index (χ2n) is 3.77. The average Bonchev–Trinajstić information content (AvgIpc) is 2.32. The van der Waals surface area contributed by atoms with Crippen molar-refractivity contribution in [2.75, 3.05) is 0 Å². The summed E-state index contributed by atoms with van der Waals surface area (Å²) in [5.41, 5.74) is 0.484. The molecule has 0 aliphatic carbocycles. The maximum Gasteiger partial charge on any atom is 0.211 e. The van der Waals surface area contributed by atoms with Gasteiger partial charge in [0.15, 0.2) is 0 Å². The van der Waals surface area contributed by atoms with Crippen molar-refractivity contribution in [3.63, 3.8) is 0 Å². The van der Waals surface area contributed by atoms with E-state index in [0.29, 0.717) is 16.7 Å². The molecule has 1 aromatic carbocycles. The third-order valence-electron chi connectivity index (χ3n) is 2.57. The van der Waals surface area contributed by atoms with Crippen LogP contribution in [0.25, 0.3) is 11.0 Å².